The van der Waals surface area contributed by atoms with E-state index in [1.165, 1.54) is 17.6 Å². The van der Waals surface area contributed by atoms with Crippen LogP contribution < -0.4 is 5.73 Å². The van der Waals surface area contributed by atoms with Crippen molar-refractivity contribution in [3.8, 4) is 0 Å². The summed E-state index contributed by atoms with van der Waals surface area (Å²) < 4.78 is 18.1. The van der Waals surface area contributed by atoms with Crippen LogP contribution in [0.3, 0.4) is 0 Å². The highest BCUT2D eigenvalue weighted by molar-refractivity contribution is 7.99. The smallest absolute Gasteiger partial charge is 0.107 e. The minimum Gasteiger partial charge on any atom is -0.375 e. The lowest BCUT2D eigenvalue weighted by molar-refractivity contribution is 0.0721. The first kappa shape index (κ1) is 16.5. The molecule has 116 valence electrons. The van der Waals surface area contributed by atoms with Crippen molar-refractivity contribution in [1.29, 1.82) is 0 Å². The standard InChI is InChI=1S/C17H24FNOS/c1-20-17(16(19)11-18)14-5-3-12(4-6-14)13-7-9-15(21-2)10-8-13/h3-7,15-17H,8-11,19H2,1-2H3. The summed E-state index contributed by atoms with van der Waals surface area (Å²) in [5, 5.41) is 0.758. The molecule has 2 nitrogen and oxygen atoms in total. The van der Waals surface area contributed by atoms with Gasteiger partial charge in [0.1, 0.15) is 6.67 Å². The maximum absolute atomic E-state index is 12.7. The van der Waals surface area contributed by atoms with Crippen LogP contribution in [0, 0.1) is 0 Å². The molecule has 0 heterocycles. The summed E-state index contributed by atoms with van der Waals surface area (Å²) in [6, 6.07) is 7.58. The normalized spacial score (nSPS) is 21.7. The molecule has 0 saturated heterocycles. The monoisotopic (exact) mass is 309 g/mol. The van der Waals surface area contributed by atoms with Gasteiger partial charge in [0.05, 0.1) is 12.1 Å². The maximum atomic E-state index is 12.7. The van der Waals surface area contributed by atoms with Crippen LogP contribution in [0.1, 0.15) is 36.5 Å². The van der Waals surface area contributed by atoms with Crippen molar-refractivity contribution in [1.82, 2.24) is 0 Å². The summed E-state index contributed by atoms with van der Waals surface area (Å²) in [4.78, 5) is 0. The molecule has 0 fully saturated rings. The van der Waals surface area contributed by atoms with Gasteiger partial charge >= 0.3 is 0 Å². The molecule has 3 atom stereocenters. The summed E-state index contributed by atoms with van der Waals surface area (Å²) in [6.07, 6.45) is 7.65. The van der Waals surface area contributed by atoms with E-state index in [0.717, 1.165) is 23.7 Å². The quantitative estimate of drug-likeness (QED) is 0.863. The fourth-order valence-electron chi connectivity index (χ4n) is 2.81. The predicted octanol–water partition coefficient (Wildman–Crippen LogP) is 3.97. The molecule has 3 unspecified atom stereocenters. The lowest BCUT2D eigenvalue weighted by atomic mass is 9.92. The molecule has 21 heavy (non-hydrogen) atoms. The van der Waals surface area contributed by atoms with Crippen LogP contribution in [-0.2, 0) is 4.74 Å². The van der Waals surface area contributed by atoms with Crippen LogP contribution in [0.15, 0.2) is 30.3 Å². The van der Waals surface area contributed by atoms with Crippen molar-refractivity contribution in [2.75, 3.05) is 20.0 Å². The highest BCUT2D eigenvalue weighted by Gasteiger charge is 2.20. The lowest BCUT2D eigenvalue weighted by Gasteiger charge is -2.22. The molecular weight excluding hydrogens is 285 g/mol. The number of ether oxygens (including phenoxy) is 1. The van der Waals surface area contributed by atoms with E-state index in [4.69, 9.17) is 10.5 Å². The van der Waals surface area contributed by atoms with Crippen molar-refractivity contribution in [3.63, 3.8) is 0 Å². The third-order valence-electron chi connectivity index (χ3n) is 4.13. The number of halogens is 1. The van der Waals surface area contributed by atoms with E-state index in [-0.39, 0.29) is 6.10 Å². The minimum atomic E-state index is -0.614. The number of methoxy groups -OCH3 is 1. The summed E-state index contributed by atoms with van der Waals surface area (Å²) in [7, 11) is 1.57. The molecule has 0 aromatic heterocycles. The lowest BCUT2D eigenvalue weighted by Crippen LogP contribution is -2.31. The van der Waals surface area contributed by atoms with Crippen LogP contribution in [0.25, 0.3) is 5.57 Å². The first-order valence-electron chi connectivity index (χ1n) is 7.36. The Labute approximate surface area is 130 Å². The number of thioether (sulfide) groups is 1. The van der Waals surface area contributed by atoms with E-state index in [1.807, 2.05) is 23.9 Å². The number of hydrogen-bond acceptors (Lipinski definition) is 3. The van der Waals surface area contributed by atoms with Crippen molar-refractivity contribution in [2.45, 2.75) is 36.7 Å². The molecule has 1 aromatic rings. The topological polar surface area (TPSA) is 35.2 Å². The zero-order valence-electron chi connectivity index (χ0n) is 12.7. The van der Waals surface area contributed by atoms with Gasteiger partial charge in [0, 0.05) is 12.4 Å². The minimum absolute atomic E-state index is 0.384. The first-order valence-corrected chi connectivity index (χ1v) is 8.64. The summed E-state index contributed by atoms with van der Waals surface area (Å²) in [5.74, 6) is 0. The fourth-order valence-corrected chi connectivity index (χ4v) is 3.45. The summed E-state index contributed by atoms with van der Waals surface area (Å²) in [6.45, 7) is -0.582. The van der Waals surface area contributed by atoms with Gasteiger partial charge in [-0.3, -0.25) is 0 Å². The molecule has 1 aliphatic rings. The third-order valence-corrected chi connectivity index (χ3v) is 5.22. The summed E-state index contributed by atoms with van der Waals surface area (Å²) in [5.41, 5.74) is 9.36. The molecular formula is C17H24FNOS. The average molecular weight is 309 g/mol. The number of alkyl halides is 1. The van der Waals surface area contributed by atoms with E-state index in [1.54, 1.807) is 7.11 Å². The Morgan fingerprint density at radius 3 is 2.57 bits per heavy atom. The van der Waals surface area contributed by atoms with Crippen molar-refractivity contribution >= 4 is 17.3 Å². The van der Waals surface area contributed by atoms with Gasteiger partial charge in [-0.15, -0.1) is 0 Å². The molecule has 0 bridgehead atoms. The largest absolute Gasteiger partial charge is 0.375 e. The van der Waals surface area contributed by atoms with Crippen molar-refractivity contribution in [2.24, 2.45) is 5.73 Å². The van der Waals surface area contributed by atoms with Crippen LogP contribution in [0.4, 0.5) is 4.39 Å². The molecule has 0 spiro atoms. The zero-order valence-corrected chi connectivity index (χ0v) is 13.5. The predicted molar refractivity (Wildman–Crippen MR) is 89.3 cm³/mol. The van der Waals surface area contributed by atoms with Gasteiger partial charge in [-0.25, -0.2) is 4.39 Å². The summed E-state index contributed by atoms with van der Waals surface area (Å²) >= 11 is 1.95. The molecule has 2 N–H and O–H groups in total. The van der Waals surface area contributed by atoms with Gasteiger partial charge in [-0.2, -0.15) is 11.8 Å². The number of rotatable bonds is 6. The Kier molecular flexibility index (Phi) is 6.27. The number of benzene rings is 1. The highest BCUT2D eigenvalue weighted by Crippen LogP contribution is 2.32. The van der Waals surface area contributed by atoms with Gasteiger partial charge in [-0.1, -0.05) is 30.3 Å². The molecule has 0 saturated carbocycles. The van der Waals surface area contributed by atoms with Crippen LogP contribution in [-0.4, -0.2) is 31.3 Å². The third kappa shape index (κ3) is 4.09. The second kappa shape index (κ2) is 7.97. The molecule has 2 rings (SSSR count). The van der Waals surface area contributed by atoms with Gasteiger partial charge in [0.2, 0.25) is 0 Å². The van der Waals surface area contributed by atoms with Gasteiger partial charge < -0.3 is 10.5 Å². The Morgan fingerprint density at radius 2 is 2.10 bits per heavy atom. The molecule has 0 radical (unpaired) electrons. The van der Waals surface area contributed by atoms with E-state index in [9.17, 15) is 4.39 Å². The Balaban J connectivity index is 2.10. The Bertz CT molecular complexity index is 474. The average Bonchev–Trinajstić information content (AvgIpc) is 2.56. The first-order chi connectivity index (χ1) is 10.2. The van der Waals surface area contributed by atoms with E-state index >= 15 is 0 Å². The van der Waals surface area contributed by atoms with Crippen molar-refractivity contribution in [3.05, 3.63) is 41.5 Å². The molecule has 0 amide bonds. The SMILES string of the molecule is COC(c1ccc(C2=CCC(SC)CC2)cc1)C(N)CF. The molecule has 4 heteroatoms. The second-order valence-electron chi connectivity index (χ2n) is 5.46. The fraction of sp³-hybridized carbons (Fsp3) is 0.529. The van der Waals surface area contributed by atoms with E-state index in [0.29, 0.717) is 0 Å². The number of hydrogen-bond donors (Lipinski definition) is 1. The van der Waals surface area contributed by atoms with Gasteiger partial charge in [0.15, 0.2) is 0 Å². The highest BCUT2D eigenvalue weighted by atomic mass is 32.2. The molecule has 0 aliphatic heterocycles. The van der Waals surface area contributed by atoms with Gasteiger partial charge in [0.25, 0.3) is 0 Å². The van der Waals surface area contributed by atoms with Crippen LogP contribution in [0.5, 0.6) is 0 Å². The molecule has 1 aromatic carbocycles. The van der Waals surface area contributed by atoms with Crippen LogP contribution in [0.2, 0.25) is 0 Å². The number of nitrogens with two attached hydrogens (primary N) is 1. The van der Waals surface area contributed by atoms with Crippen molar-refractivity contribution < 1.29 is 9.13 Å². The number of allylic oxidation sites excluding steroid dienone is 2. The van der Waals surface area contributed by atoms with E-state index < -0.39 is 12.7 Å². The van der Waals surface area contributed by atoms with Crippen LogP contribution >= 0.6 is 11.8 Å². The van der Waals surface area contributed by atoms with Gasteiger partial charge in [-0.05, 0) is 42.2 Å². The maximum Gasteiger partial charge on any atom is 0.107 e. The second-order valence-corrected chi connectivity index (χ2v) is 6.60. The Hall–Kier alpha value is -0.840. The Morgan fingerprint density at radius 1 is 1.38 bits per heavy atom. The van der Waals surface area contributed by atoms with E-state index in [2.05, 4.69) is 24.5 Å². The zero-order chi connectivity index (χ0) is 15.2. The molecule has 1 aliphatic carbocycles.